The number of ether oxygens (including phenoxy) is 7. The van der Waals surface area contributed by atoms with Gasteiger partial charge in [-0.1, -0.05) is 29.2 Å². The SMILES string of the molecule is C=C(C)C(=O)OCCOCCOCCOCCOCCOCCOCCI. The maximum atomic E-state index is 11.1. The molecule has 9 heteroatoms. The molecule has 160 valence electrons. The number of halogens is 1. The number of carbonyl (C=O) groups excluding carboxylic acids is 1. The summed E-state index contributed by atoms with van der Waals surface area (Å²) in [5.41, 5.74) is 0.379. The number of hydrogen-bond acceptors (Lipinski definition) is 8. The molecule has 0 aliphatic rings. The summed E-state index contributed by atoms with van der Waals surface area (Å²) in [6, 6.07) is 0. The molecule has 0 saturated carbocycles. The molecule has 0 rings (SSSR count). The first-order valence-electron chi connectivity index (χ1n) is 9.03. The van der Waals surface area contributed by atoms with Crippen LogP contribution >= 0.6 is 22.6 Å². The molecule has 0 atom stereocenters. The van der Waals surface area contributed by atoms with Crippen LogP contribution in [-0.2, 0) is 38.0 Å². The van der Waals surface area contributed by atoms with Crippen LogP contribution in [0.5, 0.6) is 0 Å². The van der Waals surface area contributed by atoms with E-state index in [1.165, 1.54) is 0 Å². The Bertz CT molecular complexity index is 354. The Morgan fingerprint density at radius 1 is 0.630 bits per heavy atom. The van der Waals surface area contributed by atoms with Crippen LogP contribution in [0.1, 0.15) is 6.92 Å². The van der Waals surface area contributed by atoms with E-state index in [2.05, 4.69) is 29.2 Å². The van der Waals surface area contributed by atoms with E-state index in [1.807, 2.05) is 0 Å². The molecule has 0 amide bonds. The van der Waals surface area contributed by atoms with Crippen LogP contribution < -0.4 is 0 Å². The molecule has 0 unspecified atom stereocenters. The van der Waals surface area contributed by atoms with Crippen LogP contribution in [0.15, 0.2) is 12.2 Å². The minimum atomic E-state index is -0.403. The summed E-state index contributed by atoms with van der Waals surface area (Å²) < 4.78 is 37.9. The Labute approximate surface area is 175 Å². The quantitative estimate of drug-likeness (QED) is 0.0768. The molecule has 0 aromatic carbocycles. The zero-order valence-corrected chi connectivity index (χ0v) is 18.4. The fourth-order valence-corrected chi connectivity index (χ4v) is 1.88. The van der Waals surface area contributed by atoms with E-state index in [9.17, 15) is 4.79 Å². The van der Waals surface area contributed by atoms with Gasteiger partial charge in [-0.15, -0.1) is 0 Å². The number of carbonyl (C=O) groups is 1. The zero-order chi connectivity index (χ0) is 20.0. The molecule has 0 aromatic heterocycles. The van der Waals surface area contributed by atoms with Gasteiger partial charge in [-0.2, -0.15) is 0 Å². The second-order valence-corrected chi connectivity index (χ2v) is 6.36. The van der Waals surface area contributed by atoms with Gasteiger partial charge in [0.25, 0.3) is 0 Å². The van der Waals surface area contributed by atoms with Crippen molar-refractivity contribution in [3.8, 4) is 0 Å². The first-order valence-corrected chi connectivity index (χ1v) is 10.6. The monoisotopic (exact) mass is 504 g/mol. The van der Waals surface area contributed by atoms with E-state index in [-0.39, 0.29) is 6.61 Å². The molecule has 0 fully saturated rings. The molecule has 0 spiro atoms. The average Bonchev–Trinajstić information content (AvgIpc) is 2.66. The summed E-state index contributed by atoms with van der Waals surface area (Å²) in [7, 11) is 0. The van der Waals surface area contributed by atoms with Crippen LogP contribution in [0, 0.1) is 0 Å². The third-order valence-electron chi connectivity index (χ3n) is 2.89. The van der Waals surface area contributed by atoms with Gasteiger partial charge in [0.15, 0.2) is 0 Å². The number of rotatable bonds is 21. The molecule has 0 aliphatic carbocycles. The van der Waals surface area contributed by atoms with E-state index in [1.54, 1.807) is 6.92 Å². The summed E-state index contributed by atoms with van der Waals surface area (Å²) in [5.74, 6) is -0.403. The van der Waals surface area contributed by atoms with E-state index >= 15 is 0 Å². The number of hydrogen-bond donors (Lipinski definition) is 0. The van der Waals surface area contributed by atoms with Crippen LogP contribution in [0.25, 0.3) is 0 Å². The van der Waals surface area contributed by atoms with Crippen molar-refractivity contribution in [1.82, 2.24) is 0 Å². The largest absolute Gasteiger partial charge is 0.460 e. The lowest BCUT2D eigenvalue weighted by molar-refractivity contribution is -0.140. The highest BCUT2D eigenvalue weighted by Crippen LogP contribution is 1.91. The summed E-state index contributed by atoms with van der Waals surface area (Å²) >= 11 is 2.27. The van der Waals surface area contributed by atoms with Gasteiger partial charge < -0.3 is 33.2 Å². The Balaban J connectivity index is 3.05. The van der Waals surface area contributed by atoms with Crippen molar-refractivity contribution in [2.24, 2.45) is 0 Å². The summed E-state index contributed by atoms with van der Waals surface area (Å²) in [5, 5.41) is 0. The Morgan fingerprint density at radius 2 is 0.926 bits per heavy atom. The summed E-state index contributed by atoms with van der Waals surface area (Å²) in [6.45, 7) is 11.7. The van der Waals surface area contributed by atoms with Crippen LogP contribution in [0.3, 0.4) is 0 Å². The topological polar surface area (TPSA) is 81.7 Å². The highest BCUT2D eigenvalue weighted by atomic mass is 127. The molecule has 0 N–H and O–H groups in total. The fraction of sp³-hybridized carbons (Fsp3) is 0.833. The molecule has 0 bridgehead atoms. The first-order chi connectivity index (χ1) is 13.2. The first kappa shape index (κ1) is 26.7. The molecule has 8 nitrogen and oxygen atoms in total. The number of esters is 1. The van der Waals surface area contributed by atoms with Gasteiger partial charge in [0.2, 0.25) is 0 Å². The minimum absolute atomic E-state index is 0.214. The third-order valence-corrected chi connectivity index (χ3v) is 3.33. The van der Waals surface area contributed by atoms with E-state index in [0.717, 1.165) is 11.0 Å². The van der Waals surface area contributed by atoms with Crippen LogP contribution in [0.4, 0.5) is 0 Å². The standard InChI is InChI=1S/C18H33IO8/c1-17(2)18(20)27-16-15-26-14-13-25-12-11-24-10-9-23-8-7-22-6-5-21-4-3-19/h1,3-16H2,2H3. The van der Waals surface area contributed by atoms with Crippen molar-refractivity contribution in [2.75, 3.05) is 90.3 Å². The number of alkyl halides is 1. The predicted octanol–water partition coefficient (Wildman–Crippen LogP) is 1.64. The minimum Gasteiger partial charge on any atom is -0.460 e. The molecule has 0 radical (unpaired) electrons. The van der Waals surface area contributed by atoms with E-state index in [4.69, 9.17) is 33.2 Å². The summed E-state index contributed by atoms with van der Waals surface area (Å²) in [6.07, 6.45) is 0. The smallest absolute Gasteiger partial charge is 0.333 e. The zero-order valence-electron chi connectivity index (χ0n) is 16.3. The second kappa shape index (κ2) is 22.0. The third kappa shape index (κ3) is 21.9. The highest BCUT2D eigenvalue weighted by molar-refractivity contribution is 14.1. The summed E-state index contributed by atoms with van der Waals surface area (Å²) in [4.78, 5) is 11.1. The fourth-order valence-electron chi connectivity index (χ4n) is 1.57. The second-order valence-electron chi connectivity index (χ2n) is 5.28. The van der Waals surface area contributed by atoms with Gasteiger partial charge >= 0.3 is 5.97 Å². The van der Waals surface area contributed by atoms with Crippen molar-refractivity contribution in [2.45, 2.75) is 6.92 Å². The molecule has 0 aromatic rings. The average molecular weight is 504 g/mol. The molecular formula is C18H33IO8. The van der Waals surface area contributed by atoms with E-state index in [0.29, 0.717) is 78.2 Å². The predicted molar refractivity (Wildman–Crippen MR) is 110 cm³/mol. The molecule has 27 heavy (non-hydrogen) atoms. The lowest BCUT2D eigenvalue weighted by Gasteiger charge is -2.08. The maximum Gasteiger partial charge on any atom is 0.333 e. The molecule has 0 saturated heterocycles. The lowest BCUT2D eigenvalue weighted by Crippen LogP contribution is -2.15. The van der Waals surface area contributed by atoms with Crippen molar-refractivity contribution >= 4 is 28.6 Å². The van der Waals surface area contributed by atoms with Crippen LogP contribution in [-0.4, -0.2) is 96.3 Å². The van der Waals surface area contributed by atoms with Gasteiger partial charge in [0.05, 0.1) is 79.3 Å². The van der Waals surface area contributed by atoms with Gasteiger partial charge in [-0.25, -0.2) is 4.79 Å². The van der Waals surface area contributed by atoms with Crippen molar-refractivity contribution < 1.29 is 38.0 Å². The van der Waals surface area contributed by atoms with Gasteiger partial charge in [-0.05, 0) is 6.92 Å². The van der Waals surface area contributed by atoms with Crippen molar-refractivity contribution in [3.05, 3.63) is 12.2 Å². The van der Waals surface area contributed by atoms with Crippen molar-refractivity contribution in [1.29, 1.82) is 0 Å². The highest BCUT2D eigenvalue weighted by Gasteiger charge is 2.01. The van der Waals surface area contributed by atoms with Gasteiger partial charge in [-0.3, -0.25) is 0 Å². The molecule has 0 aliphatic heterocycles. The normalized spacial score (nSPS) is 10.9. The van der Waals surface area contributed by atoms with Crippen molar-refractivity contribution in [3.63, 3.8) is 0 Å². The molecule has 0 heterocycles. The van der Waals surface area contributed by atoms with E-state index < -0.39 is 5.97 Å². The van der Waals surface area contributed by atoms with Gasteiger partial charge in [0, 0.05) is 10.0 Å². The van der Waals surface area contributed by atoms with Crippen LogP contribution in [0.2, 0.25) is 0 Å². The van der Waals surface area contributed by atoms with Gasteiger partial charge in [0.1, 0.15) is 6.61 Å². The lowest BCUT2D eigenvalue weighted by atomic mass is 10.4. The maximum absolute atomic E-state index is 11.1. The molecular weight excluding hydrogens is 471 g/mol. The Kier molecular flexibility index (Phi) is 21.7. The Hall–Kier alpha value is -0.300. The Morgan fingerprint density at radius 3 is 1.22 bits per heavy atom.